The summed E-state index contributed by atoms with van der Waals surface area (Å²) in [6.45, 7) is 6.95. The molecule has 0 aliphatic carbocycles. The zero-order valence-electron chi connectivity index (χ0n) is 8.85. The number of fused-ring (bicyclic) bond motifs is 1. The average molecular weight is 189 g/mol. The third-order valence-electron chi connectivity index (χ3n) is 2.56. The number of aryl methyl sites for hydroxylation is 2. The van der Waals surface area contributed by atoms with Crippen LogP contribution in [0.3, 0.4) is 0 Å². The van der Waals surface area contributed by atoms with Crippen molar-refractivity contribution in [3.63, 3.8) is 0 Å². The summed E-state index contributed by atoms with van der Waals surface area (Å²) in [5, 5.41) is 1.18. The molecule has 0 amide bonds. The van der Waals surface area contributed by atoms with Crippen molar-refractivity contribution in [2.45, 2.75) is 20.8 Å². The highest BCUT2D eigenvalue weighted by molar-refractivity contribution is 5.87. The maximum absolute atomic E-state index is 5.52. The highest BCUT2D eigenvalue weighted by Crippen LogP contribution is 2.27. The standard InChI is InChI=1S/C12H15NO/c1-4-14-12-7-13-11-6-9(3)8(2)5-10(11)12/h5-7,13H,4H2,1-3H3. The van der Waals surface area contributed by atoms with E-state index in [0.29, 0.717) is 6.61 Å². The number of ether oxygens (including phenoxy) is 1. The summed E-state index contributed by atoms with van der Waals surface area (Å²) in [6, 6.07) is 4.33. The lowest BCUT2D eigenvalue weighted by atomic mass is 10.1. The van der Waals surface area contributed by atoms with Crippen molar-refractivity contribution >= 4 is 10.9 Å². The van der Waals surface area contributed by atoms with Gasteiger partial charge in [-0.25, -0.2) is 0 Å². The van der Waals surface area contributed by atoms with E-state index in [1.807, 2.05) is 13.1 Å². The molecule has 1 aromatic heterocycles. The van der Waals surface area contributed by atoms with Crippen LogP contribution < -0.4 is 4.74 Å². The minimum atomic E-state index is 0.708. The van der Waals surface area contributed by atoms with Gasteiger partial charge in [-0.1, -0.05) is 0 Å². The number of H-pyrrole nitrogens is 1. The first kappa shape index (κ1) is 9.13. The Kier molecular flexibility index (Phi) is 2.20. The highest BCUT2D eigenvalue weighted by atomic mass is 16.5. The maximum Gasteiger partial charge on any atom is 0.144 e. The summed E-state index contributed by atoms with van der Waals surface area (Å²) in [4.78, 5) is 3.22. The number of aromatic amines is 1. The van der Waals surface area contributed by atoms with Gasteiger partial charge in [0.05, 0.1) is 6.61 Å². The molecule has 74 valence electrons. The van der Waals surface area contributed by atoms with Gasteiger partial charge in [-0.15, -0.1) is 0 Å². The summed E-state index contributed by atoms with van der Waals surface area (Å²) in [7, 11) is 0. The van der Waals surface area contributed by atoms with E-state index >= 15 is 0 Å². The van der Waals surface area contributed by atoms with Crippen molar-refractivity contribution in [3.05, 3.63) is 29.5 Å². The Bertz CT molecular complexity index is 457. The van der Waals surface area contributed by atoms with Crippen LogP contribution in [0.2, 0.25) is 0 Å². The monoisotopic (exact) mass is 189 g/mol. The first-order chi connectivity index (χ1) is 6.72. The van der Waals surface area contributed by atoms with Gasteiger partial charge in [0, 0.05) is 17.1 Å². The van der Waals surface area contributed by atoms with Crippen LogP contribution in [0.4, 0.5) is 0 Å². The van der Waals surface area contributed by atoms with Gasteiger partial charge in [-0.3, -0.25) is 0 Å². The first-order valence-corrected chi connectivity index (χ1v) is 4.93. The van der Waals surface area contributed by atoms with Crippen molar-refractivity contribution in [1.29, 1.82) is 0 Å². The van der Waals surface area contributed by atoms with Gasteiger partial charge >= 0.3 is 0 Å². The zero-order valence-corrected chi connectivity index (χ0v) is 8.85. The Labute approximate surface area is 83.9 Å². The van der Waals surface area contributed by atoms with E-state index in [-0.39, 0.29) is 0 Å². The van der Waals surface area contributed by atoms with Gasteiger partial charge in [0.25, 0.3) is 0 Å². The molecule has 1 N–H and O–H groups in total. The fourth-order valence-corrected chi connectivity index (χ4v) is 1.64. The number of hydrogen-bond donors (Lipinski definition) is 1. The van der Waals surface area contributed by atoms with E-state index in [1.165, 1.54) is 16.5 Å². The van der Waals surface area contributed by atoms with Crippen LogP contribution in [-0.2, 0) is 0 Å². The van der Waals surface area contributed by atoms with Gasteiger partial charge in [-0.2, -0.15) is 0 Å². The molecule has 0 fully saturated rings. The summed E-state index contributed by atoms with van der Waals surface area (Å²) in [5.41, 5.74) is 3.76. The first-order valence-electron chi connectivity index (χ1n) is 4.93. The minimum Gasteiger partial charge on any atom is -0.492 e. The molecule has 1 aromatic carbocycles. The predicted molar refractivity (Wildman–Crippen MR) is 58.9 cm³/mol. The second kappa shape index (κ2) is 3.37. The van der Waals surface area contributed by atoms with E-state index in [9.17, 15) is 0 Å². The summed E-state index contributed by atoms with van der Waals surface area (Å²) >= 11 is 0. The van der Waals surface area contributed by atoms with E-state index in [4.69, 9.17) is 4.74 Å². The lowest BCUT2D eigenvalue weighted by molar-refractivity contribution is 0.344. The van der Waals surface area contributed by atoms with Crippen LogP contribution >= 0.6 is 0 Å². The van der Waals surface area contributed by atoms with Crippen molar-refractivity contribution < 1.29 is 4.74 Å². The Morgan fingerprint density at radius 1 is 1.21 bits per heavy atom. The molecule has 0 spiro atoms. The van der Waals surface area contributed by atoms with Crippen LogP contribution in [0.15, 0.2) is 18.3 Å². The molecule has 2 heteroatoms. The smallest absolute Gasteiger partial charge is 0.144 e. The van der Waals surface area contributed by atoms with Crippen LogP contribution in [0, 0.1) is 13.8 Å². The number of nitrogens with one attached hydrogen (secondary N) is 1. The predicted octanol–water partition coefficient (Wildman–Crippen LogP) is 3.18. The van der Waals surface area contributed by atoms with Gasteiger partial charge in [0.1, 0.15) is 5.75 Å². The van der Waals surface area contributed by atoms with E-state index in [2.05, 4.69) is 31.0 Å². The van der Waals surface area contributed by atoms with E-state index in [0.717, 1.165) is 11.3 Å². The Morgan fingerprint density at radius 2 is 1.93 bits per heavy atom. The molecule has 0 atom stereocenters. The molecule has 0 aliphatic rings. The number of hydrogen-bond acceptors (Lipinski definition) is 1. The van der Waals surface area contributed by atoms with Gasteiger partial charge in [0.15, 0.2) is 0 Å². The largest absolute Gasteiger partial charge is 0.492 e. The fourth-order valence-electron chi connectivity index (χ4n) is 1.64. The molecule has 0 saturated carbocycles. The van der Waals surface area contributed by atoms with Crippen LogP contribution in [-0.4, -0.2) is 11.6 Å². The Balaban J connectivity index is 2.61. The van der Waals surface area contributed by atoms with Crippen LogP contribution in [0.25, 0.3) is 10.9 Å². The minimum absolute atomic E-state index is 0.708. The van der Waals surface area contributed by atoms with Crippen molar-refractivity contribution in [3.8, 4) is 5.75 Å². The summed E-state index contributed by atoms with van der Waals surface area (Å²) in [5.74, 6) is 0.950. The van der Waals surface area contributed by atoms with Gasteiger partial charge in [-0.05, 0) is 44.0 Å². The molecule has 0 aliphatic heterocycles. The van der Waals surface area contributed by atoms with Crippen molar-refractivity contribution in [1.82, 2.24) is 4.98 Å². The third kappa shape index (κ3) is 1.37. The molecular formula is C12H15NO. The fraction of sp³-hybridized carbons (Fsp3) is 0.333. The van der Waals surface area contributed by atoms with Crippen LogP contribution in [0.1, 0.15) is 18.1 Å². The molecule has 2 nitrogen and oxygen atoms in total. The Morgan fingerprint density at radius 3 is 2.64 bits per heavy atom. The lowest BCUT2D eigenvalue weighted by Crippen LogP contribution is -1.89. The topological polar surface area (TPSA) is 25.0 Å². The molecule has 2 rings (SSSR count). The molecule has 14 heavy (non-hydrogen) atoms. The average Bonchev–Trinajstić information content (AvgIpc) is 2.51. The molecule has 0 unspecified atom stereocenters. The third-order valence-corrected chi connectivity index (χ3v) is 2.56. The van der Waals surface area contributed by atoms with Gasteiger partial charge < -0.3 is 9.72 Å². The number of rotatable bonds is 2. The van der Waals surface area contributed by atoms with Crippen molar-refractivity contribution in [2.75, 3.05) is 6.61 Å². The normalized spacial score (nSPS) is 10.8. The van der Waals surface area contributed by atoms with E-state index in [1.54, 1.807) is 0 Å². The quantitative estimate of drug-likeness (QED) is 0.771. The highest BCUT2D eigenvalue weighted by Gasteiger charge is 2.05. The second-order valence-electron chi connectivity index (χ2n) is 3.57. The Hall–Kier alpha value is -1.44. The number of benzene rings is 1. The summed E-state index contributed by atoms with van der Waals surface area (Å²) in [6.07, 6.45) is 1.92. The van der Waals surface area contributed by atoms with E-state index < -0.39 is 0 Å². The number of aromatic nitrogens is 1. The molecule has 0 bridgehead atoms. The SMILES string of the molecule is CCOc1c[nH]c2cc(C)c(C)cc12. The summed E-state index contributed by atoms with van der Waals surface area (Å²) < 4.78 is 5.52. The molecular weight excluding hydrogens is 174 g/mol. The van der Waals surface area contributed by atoms with Crippen LogP contribution in [0.5, 0.6) is 5.75 Å². The maximum atomic E-state index is 5.52. The molecule has 0 radical (unpaired) electrons. The molecule has 1 heterocycles. The second-order valence-corrected chi connectivity index (χ2v) is 3.57. The van der Waals surface area contributed by atoms with Crippen molar-refractivity contribution in [2.24, 2.45) is 0 Å². The molecule has 2 aromatic rings. The zero-order chi connectivity index (χ0) is 10.1. The lowest BCUT2D eigenvalue weighted by Gasteiger charge is -2.02. The van der Waals surface area contributed by atoms with Gasteiger partial charge in [0.2, 0.25) is 0 Å². The molecule has 0 saturated heterocycles.